The summed E-state index contributed by atoms with van der Waals surface area (Å²) < 4.78 is 7.74. The number of ether oxygens (including phenoxy) is 1. The van der Waals surface area contributed by atoms with E-state index in [1.165, 1.54) is 0 Å². The third-order valence-corrected chi connectivity index (χ3v) is 4.67. The van der Waals surface area contributed by atoms with E-state index in [2.05, 4.69) is 57.1 Å². The molecule has 0 aliphatic carbocycles. The normalized spacial score (nSPS) is 15.4. The molecule has 2 aromatic heterocycles. The molecule has 0 amide bonds. The Morgan fingerprint density at radius 2 is 2.04 bits per heavy atom. The van der Waals surface area contributed by atoms with Crippen LogP contribution in [0.1, 0.15) is 17.3 Å². The van der Waals surface area contributed by atoms with Gasteiger partial charge in [0, 0.05) is 37.6 Å². The molecule has 3 heterocycles. The zero-order valence-corrected chi connectivity index (χ0v) is 14.1. The fourth-order valence-corrected chi connectivity index (χ4v) is 3.30. The highest BCUT2D eigenvalue weighted by Gasteiger charge is 2.29. The molecule has 3 aromatic rings. The van der Waals surface area contributed by atoms with Gasteiger partial charge < -0.3 is 4.74 Å². The maximum Gasteiger partial charge on any atom is 0.131 e. The summed E-state index contributed by atoms with van der Waals surface area (Å²) in [5.41, 5.74) is 4.53. The molecule has 1 aromatic carbocycles. The van der Waals surface area contributed by atoms with Crippen molar-refractivity contribution in [3.8, 4) is 17.0 Å². The summed E-state index contributed by atoms with van der Waals surface area (Å²) in [7, 11) is 1.73. The van der Waals surface area contributed by atoms with Gasteiger partial charge in [-0.3, -0.25) is 19.7 Å². The van der Waals surface area contributed by atoms with Crippen LogP contribution in [0.5, 0.6) is 5.75 Å². The van der Waals surface area contributed by atoms with Gasteiger partial charge in [-0.2, -0.15) is 0 Å². The smallest absolute Gasteiger partial charge is 0.131 e. The van der Waals surface area contributed by atoms with Crippen molar-refractivity contribution in [2.45, 2.75) is 19.5 Å². The van der Waals surface area contributed by atoms with Crippen LogP contribution in [-0.2, 0) is 6.54 Å². The van der Waals surface area contributed by atoms with E-state index in [0.717, 1.165) is 47.9 Å². The fraction of sp³-hybridized carbons (Fsp3) is 0.316. The van der Waals surface area contributed by atoms with Crippen molar-refractivity contribution >= 4 is 0 Å². The number of likely N-dealkylation sites (tertiary alicyclic amines) is 1. The van der Waals surface area contributed by atoms with Crippen LogP contribution in [0.2, 0.25) is 0 Å². The molecule has 5 heteroatoms. The topological polar surface area (TPSA) is 46.1 Å². The van der Waals surface area contributed by atoms with E-state index in [0.29, 0.717) is 6.04 Å². The Morgan fingerprint density at radius 1 is 1.21 bits per heavy atom. The van der Waals surface area contributed by atoms with Crippen molar-refractivity contribution in [2.24, 2.45) is 0 Å². The van der Waals surface area contributed by atoms with Crippen LogP contribution in [0.3, 0.4) is 0 Å². The standard InChI is InChI=1S/C19H22N4O/c1-14-6-5-8-17(19(14)24-2)18-13-23(21-18)16-11-22(12-16)10-15-7-3-4-9-20-15/h3-9,13,16,21H,10-12H2,1-2H3. The molecule has 0 unspecified atom stereocenters. The Bertz CT molecular complexity index is 803. The van der Waals surface area contributed by atoms with Gasteiger partial charge >= 0.3 is 0 Å². The van der Waals surface area contributed by atoms with Crippen molar-refractivity contribution in [2.75, 3.05) is 20.2 Å². The summed E-state index contributed by atoms with van der Waals surface area (Å²) in [6.07, 6.45) is 4.04. The van der Waals surface area contributed by atoms with Gasteiger partial charge in [0.25, 0.3) is 0 Å². The predicted octanol–water partition coefficient (Wildman–Crippen LogP) is 3.25. The number of nitrogens with zero attached hydrogens (tertiary/aromatic N) is 3. The number of pyridine rings is 1. The molecule has 124 valence electrons. The highest BCUT2D eigenvalue weighted by Crippen LogP contribution is 2.34. The number of aromatic nitrogens is 3. The quantitative estimate of drug-likeness (QED) is 0.784. The van der Waals surface area contributed by atoms with Crippen LogP contribution >= 0.6 is 0 Å². The molecular weight excluding hydrogens is 300 g/mol. The number of aromatic amines is 1. The lowest BCUT2D eigenvalue weighted by molar-refractivity contribution is 0.0859. The molecule has 0 saturated carbocycles. The van der Waals surface area contributed by atoms with Crippen LogP contribution in [-0.4, -0.2) is 39.9 Å². The summed E-state index contributed by atoms with van der Waals surface area (Å²) in [4.78, 5) is 6.80. The minimum atomic E-state index is 0.522. The second kappa shape index (κ2) is 6.17. The first kappa shape index (κ1) is 15.0. The molecule has 1 N–H and O–H groups in total. The van der Waals surface area contributed by atoms with Gasteiger partial charge in [0.05, 0.1) is 24.5 Å². The molecule has 0 bridgehead atoms. The van der Waals surface area contributed by atoms with Crippen molar-refractivity contribution in [1.29, 1.82) is 0 Å². The lowest BCUT2D eigenvalue weighted by Gasteiger charge is -2.41. The average molecular weight is 322 g/mol. The third kappa shape index (κ3) is 2.71. The lowest BCUT2D eigenvalue weighted by Crippen LogP contribution is -2.48. The summed E-state index contributed by atoms with van der Waals surface area (Å²) in [6.45, 7) is 5.10. The molecule has 0 spiro atoms. The van der Waals surface area contributed by atoms with E-state index in [-0.39, 0.29) is 0 Å². The van der Waals surface area contributed by atoms with E-state index in [1.807, 2.05) is 18.3 Å². The minimum Gasteiger partial charge on any atom is -0.496 e. The molecule has 5 nitrogen and oxygen atoms in total. The first-order chi connectivity index (χ1) is 11.7. The molecule has 24 heavy (non-hydrogen) atoms. The second-order valence-electron chi connectivity index (χ2n) is 6.39. The Hall–Kier alpha value is -2.53. The number of nitrogens with one attached hydrogen (secondary N) is 1. The highest BCUT2D eigenvalue weighted by molar-refractivity contribution is 5.69. The number of benzene rings is 1. The summed E-state index contributed by atoms with van der Waals surface area (Å²) in [5.74, 6) is 0.946. The van der Waals surface area contributed by atoms with Gasteiger partial charge in [-0.05, 0) is 30.7 Å². The molecule has 4 rings (SSSR count). The fourth-order valence-electron chi connectivity index (χ4n) is 3.30. The number of para-hydroxylation sites is 1. The van der Waals surface area contributed by atoms with Crippen molar-refractivity contribution in [3.63, 3.8) is 0 Å². The first-order valence-corrected chi connectivity index (χ1v) is 8.27. The first-order valence-electron chi connectivity index (χ1n) is 8.27. The second-order valence-corrected chi connectivity index (χ2v) is 6.39. The van der Waals surface area contributed by atoms with Gasteiger partial charge in [0.15, 0.2) is 0 Å². The van der Waals surface area contributed by atoms with Crippen molar-refractivity contribution in [1.82, 2.24) is 19.7 Å². The average Bonchev–Trinajstić information content (AvgIpc) is 2.52. The van der Waals surface area contributed by atoms with E-state index < -0.39 is 0 Å². The third-order valence-electron chi connectivity index (χ3n) is 4.67. The van der Waals surface area contributed by atoms with E-state index >= 15 is 0 Å². The van der Waals surface area contributed by atoms with Crippen LogP contribution < -0.4 is 4.74 Å². The van der Waals surface area contributed by atoms with E-state index in [4.69, 9.17) is 4.74 Å². The molecule has 0 radical (unpaired) electrons. The molecule has 1 fully saturated rings. The Labute approximate surface area is 141 Å². The Morgan fingerprint density at radius 3 is 2.75 bits per heavy atom. The van der Waals surface area contributed by atoms with E-state index in [9.17, 15) is 0 Å². The van der Waals surface area contributed by atoms with Gasteiger partial charge in [-0.1, -0.05) is 18.2 Å². The lowest BCUT2D eigenvalue weighted by atomic mass is 10.1. The number of H-pyrrole nitrogens is 1. The molecule has 1 aliphatic rings. The number of rotatable bonds is 5. The van der Waals surface area contributed by atoms with Crippen LogP contribution in [0, 0.1) is 6.92 Å². The number of aryl methyl sites for hydroxylation is 1. The van der Waals surface area contributed by atoms with E-state index in [1.54, 1.807) is 7.11 Å². The maximum absolute atomic E-state index is 5.54. The van der Waals surface area contributed by atoms with Crippen molar-refractivity contribution < 1.29 is 4.74 Å². The number of methoxy groups -OCH3 is 1. The highest BCUT2D eigenvalue weighted by atomic mass is 16.5. The largest absolute Gasteiger partial charge is 0.496 e. The van der Waals surface area contributed by atoms with Gasteiger partial charge in [-0.15, -0.1) is 0 Å². The number of hydrogen-bond donors (Lipinski definition) is 1. The Kier molecular flexibility index (Phi) is 3.86. The summed E-state index contributed by atoms with van der Waals surface area (Å²) in [5, 5.41) is 3.46. The zero-order valence-electron chi connectivity index (χ0n) is 14.1. The summed E-state index contributed by atoms with van der Waals surface area (Å²) in [6, 6.07) is 12.8. The molecule has 0 atom stereocenters. The Balaban J connectivity index is 1.38. The van der Waals surface area contributed by atoms with Gasteiger partial charge in [-0.25, -0.2) is 0 Å². The SMILES string of the molecule is COc1c(C)cccc1-c1cn(C2CN(Cc3ccccn3)C2)[nH]1. The maximum atomic E-state index is 5.54. The van der Waals surface area contributed by atoms with Crippen LogP contribution in [0.4, 0.5) is 0 Å². The van der Waals surface area contributed by atoms with Gasteiger partial charge in [0.1, 0.15) is 5.75 Å². The zero-order chi connectivity index (χ0) is 16.5. The van der Waals surface area contributed by atoms with Crippen molar-refractivity contribution in [3.05, 3.63) is 60.0 Å². The van der Waals surface area contributed by atoms with Crippen LogP contribution in [0.25, 0.3) is 11.3 Å². The predicted molar refractivity (Wildman–Crippen MR) is 94.1 cm³/mol. The monoisotopic (exact) mass is 322 g/mol. The van der Waals surface area contributed by atoms with Crippen LogP contribution in [0.15, 0.2) is 48.8 Å². The summed E-state index contributed by atoms with van der Waals surface area (Å²) >= 11 is 0. The molecule has 1 aliphatic heterocycles. The molecular formula is C19H22N4O. The van der Waals surface area contributed by atoms with Gasteiger partial charge in [0.2, 0.25) is 0 Å². The minimum absolute atomic E-state index is 0.522. The molecule has 1 saturated heterocycles. The number of hydrogen-bond acceptors (Lipinski definition) is 3.